The van der Waals surface area contributed by atoms with Gasteiger partial charge in [0.15, 0.2) is 0 Å². The number of nitrogens with zero attached hydrogens (tertiary/aromatic N) is 1. The molecule has 1 fully saturated rings. The van der Waals surface area contributed by atoms with Crippen LogP contribution in [-0.2, 0) is 4.84 Å². The minimum absolute atomic E-state index is 0.0578. The molecule has 1 heterocycles. The molecule has 1 aliphatic heterocycles. The number of rotatable bonds is 1. The maximum atomic E-state index is 7.26. The second kappa shape index (κ2) is 3.01. The molecule has 2 aliphatic rings. The second-order valence-electron chi connectivity index (χ2n) is 3.96. The molecule has 1 saturated carbocycles. The number of oxime groups is 1. The van der Waals surface area contributed by atoms with Gasteiger partial charge in [0.1, 0.15) is 17.1 Å². The number of hydrogen-bond acceptors (Lipinski definition) is 3. The van der Waals surface area contributed by atoms with Crippen LogP contribution in [-0.4, -0.2) is 17.1 Å². The SMILES string of the molecule is N=C(N)C1=NOC2(CCCCC2)C1. The Labute approximate surface area is 77.6 Å². The van der Waals surface area contributed by atoms with E-state index < -0.39 is 0 Å². The number of nitrogens with one attached hydrogen (secondary N) is 1. The van der Waals surface area contributed by atoms with E-state index in [1.807, 2.05) is 0 Å². The van der Waals surface area contributed by atoms with Crippen LogP contribution in [0.5, 0.6) is 0 Å². The van der Waals surface area contributed by atoms with Gasteiger partial charge >= 0.3 is 0 Å². The Bertz CT molecular complexity index is 254. The van der Waals surface area contributed by atoms with Gasteiger partial charge in [-0.05, 0) is 25.7 Å². The minimum Gasteiger partial charge on any atom is -0.388 e. The quantitative estimate of drug-likeness (QED) is 0.474. The highest BCUT2D eigenvalue weighted by Gasteiger charge is 2.40. The lowest BCUT2D eigenvalue weighted by molar-refractivity contribution is -0.0449. The van der Waals surface area contributed by atoms with Crippen LogP contribution < -0.4 is 5.73 Å². The fourth-order valence-corrected chi connectivity index (χ4v) is 2.13. The fourth-order valence-electron chi connectivity index (χ4n) is 2.13. The summed E-state index contributed by atoms with van der Waals surface area (Å²) in [4.78, 5) is 5.42. The number of hydrogen-bond donors (Lipinski definition) is 2. The van der Waals surface area contributed by atoms with Gasteiger partial charge in [0, 0.05) is 6.42 Å². The summed E-state index contributed by atoms with van der Waals surface area (Å²) in [6, 6.07) is 0. The van der Waals surface area contributed by atoms with Crippen LogP contribution in [0.3, 0.4) is 0 Å². The lowest BCUT2D eigenvalue weighted by Crippen LogP contribution is -2.33. The molecule has 0 atom stereocenters. The zero-order chi connectivity index (χ0) is 9.31. The van der Waals surface area contributed by atoms with Gasteiger partial charge in [0.05, 0.1) is 0 Å². The average Bonchev–Trinajstić information content (AvgIpc) is 2.51. The van der Waals surface area contributed by atoms with E-state index in [0.717, 1.165) is 19.3 Å². The molecule has 0 radical (unpaired) electrons. The summed E-state index contributed by atoms with van der Waals surface area (Å²) >= 11 is 0. The molecule has 1 spiro atoms. The van der Waals surface area contributed by atoms with Crippen molar-refractivity contribution >= 4 is 11.5 Å². The molecule has 0 amide bonds. The van der Waals surface area contributed by atoms with Gasteiger partial charge in [0.2, 0.25) is 0 Å². The van der Waals surface area contributed by atoms with E-state index in [1.54, 1.807) is 0 Å². The van der Waals surface area contributed by atoms with Crippen LogP contribution >= 0.6 is 0 Å². The van der Waals surface area contributed by atoms with Gasteiger partial charge < -0.3 is 10.6 Å². The molecule has 1 aliphatic carbocycles. The maximum absolute atomic E-state index is 7.26. The lowest BCUT2D eigenvalue weighted by Gasteiger charge is -2.30. The van der Waals surface area contributed by atoms with Gasteiger partial charge in [-0.3, -0.25) is 5.41 Å². The average molecular weight is 181 g/mol. The van der Waals surface area contributed by atoms with E-state index in [1.165, 1.54) is 19.3 Å². The van der Waals surface area contributed by atoms with Crippen LogP contribution in [0.25, 0.3) is 0 Å². The first-order valence-corrected chi connectivity index (χ1v) is 4.81. The van der Waals surface area contributed by atoms with Gasteiger partial charge in [-0.25, -0.2) is 0 Å². The molecule has 72 valence electrons. The Morgan fingerprint density at radius 3 is 2.62 bits per heavy atom. The lowest BCUT2D eigenvalue weighted by atomic mass is 9.81. The normalized spacial score (nSPS) is 25.4. The third-order valence-corrected chi connectivity index (χ3v) is 2.91. The molecule has 0 aromatic rings. The first kappa shape index (κ1) is 8.53. The van der Waals surface area contributed by atoms with E-state index >= 15 is 0 Å². The highest BCUT2D eigenvalue weighted by atomic mass is 16.7. The van der Waals surface area contributed by atoms with Gasteiger partial charge in [-0.15, -0.1) is 0 Å². The molecule has 4 nitrogen and oxygen atoms in total. The summed E-state index contributed by atoms with van der Waals surface area (Å²) in [5.74, 6) is 0.0578. The fraction of sp³-hybridized carbons (Fsp3) is 0.778. The van der Waals surface area contributed by atoms with E-state index in [9.17, 15) is 0 Å². The molecule has 4 heteroatoms. The molecule has 13 heavy (non-hydrogen) atoms. The van der Waals surface area contributed by atoms with E-state index in [-0.39, 0.29) is 11.4 Å². The zero-order valence-electron chi connectivity index (χ0n) is 7.68. The first-order valence-electron chi connectivity index (χ1n) is 4.81. The zero-order valence-corrected chi connectivity index (χ0v) is 7.68. The maximum Gasteiger partial charge on any atom is 0.143 e. The molecule has 0 bridgehead atoms. The third-order valence-electron chi connectivity index (χ3n) is 2.91. The van der Waals surface area contributed by atoms with Crippen LogP contribution in [0.4, 0.5) is 0 Å². The topological polar surface area (TPSA) is 71.5 Å². The smallest absolute Gasteiger partial charge is 0.143 e. The van der Waals surface area contributed by atoms with Crippen molar-refractivity contribution in [3.05, 3.63) is 0 Å². The van der Waals surface area contributed by atoms with Crippen LogP contribution in [0, 0.1) is 5.41 Å². The Morgan fingerprint density at radius 2 is 2.08 bits per heavy atom. The highest BCUT2D eigenvalue weighted by molar-refractivity contribution is 6.40. The number of nitrogens with two attached hydrogens (primary N) is 1. The molecule has 0 aromatic carbocycles. The Morgan fingerprint density at radius 1 is 1.38 bits per heavy atom. The Hall–Kier alpha value is -1.06. The Kier molecular flexibility index (Phi) is 1.98. The molecular weight excluding hydrogens is 166 g/mol. The minimum atomic E-state index is -0.0980. The largest absolute Gasteiger partial charge is 0.388 e. The van der Waals surface area contributed by atoms with Gasteiger partial charge in [0.25, 0.3) is 0 Å². The van der Waals surface area contributed by atoms with E-state index in [2.05, 4.69) is 5.16 Å². The van der Waals surface area contributed by atoms with Crippen molar-refractivity contribution in [2.45, 2.75) is 44.1 Å². The third kappa shape index (κ3) is 1.53. The second-order valence-corrected chi connectivity index (χ2v) is 3.96. The predicted molar refractivity (Wildman–Crippen MR) is 50.9 cm³/mol. The van der Waals surface area contributed by atoms with E-state index in [0.29, 0.717) is 5.71 Å². The summed E-state index contributed by atoms with van der Waals surface area (Å²) in [6.07, 6.45) is 6.57. The van der Waals surface area contributed by atoms with Crippen molar-refractivity contribution in [1.82, 2.24) is 0 Å². The van der Waals surface area contributed by atoms with Gasteiger partial charge in [-0.1, -0.05) is 11.6 Å². The number of amidine groups is 1. The summed E-state index contributed by atoms with van der Waals surface area (Å²) < 4.78 is 0. The van der Waals surface area contributed by atoms with Crippen molar-refractivity contribution in [2.75, 3.05) is 0 Å². The van der Waals surface area contributed by atoms with Crippen molar-refractivity contribution in [2.24, 2.45) is 10.9 Å². The van der Waals surface area contributed by atoms with E-state index in [4.69, 9.17) is 16.0 Å². The molecule has 2 rings (SSSR count). The van der Waals surface area contributed by atoms with Crippen LogP contribution in [0.15, 0.2) is 5.16 Å². The summed E-state index contributed by atoms with van der Waals surface area (Å²) in [5, 5.41) is 11.1. The monoisotopic (exact) mass is 181 g/mol. The van der Waals surface area contributed by atoms with Crippen molar-refractivity contribution in [3.8, 4) is 0 Å². The molecule has 3 N–H and O–H groups in total. The Balaban J connectivity index is 2.02. The van der Waals surface area contributed by atoms with Crippen molar-refractivity contribution in [1.29, 1.82) is 5.41 Å². The predicted octanol–water partition coefficient (Wildman–Crippen LogP) is 1.40. The highest BCUT2D eigenvalue weighted by Crippen LogP contribution is 2.38. The van der Waals surface area contributed by atoms with Gasteiger partial charge in [-0.2, -0.15) is 0 Å². The summed E-state index contributed by atoms with van der Waals surface area (Å²) in [7, 11) is 0. The summed E-state index contributed by atoms with van der Waals surface area (Å²) in [6.45, 7) is 0. The summed E-state index contributed by atoms with van der Waals surface area (Å²) in [5.41, 5.74) is 5.89. The first-order chi connectivity index (χ1) is 6.22. The molecule has 0 unspecified atom stereocenters. The van der Waals surface area contributed by atoms with Crippen molar-refractivity contribution in [3.63, 3.8) is 0 Å². The standard InChI is InChI=1S/C9H15N3O/c10-8(11)7-6-9(13-12-7)4-2-1-3-5-9/h1-6H2,(H3,10,11). The van der Waals surface area contributed by atoms with Crippen LogP contribution in [0.1, 0.15) is 38.5 Å². The molecular formula is C9H15N3O. The molecule has 0 saturated heterocycles. The van der Waals surface area contributed by atoms with Crippen molar-refractivity contribution < 1.29 is 4.84 Å². The molecule has 0 aromatic heterocycles. The van der Waals surface area contributed by atoms with Crippen LogP contribution in [0.2, 0.25) is 0 Å².